The molecule has 2 heterocycles. The van der Waals surface area contributed by atoms with Crippen molar-refractivity contribution in [3.05, 3.63) is 39.4 Å². The van der Waals surface area contributed by atoms with E-state index in [1.165, 1.54) is 17.3 Å². The zero-order chi connectivity index (χ0) is 13.2. The van der Waals surface area contributed by atoms with Crippen LogP contribution in [0.1, 0.15) is 29.2 Å². The fourth-order valence-electron chi connectivity index (χ4n) is 2.37. The van der Waals surface area contributed by atoms with E-state index in [4.69, 9.17) is 11.6 Å². The first-order chi connectivity index (χ1) is 9.24. The second kappa shape index (κ2) is 5.27. The maximum absolute atomic E-state index is 12.3. The Bertz CT molecular complexity index is 613. The number of nitrogens with zero attached hydrogens (tertiary/aromatic N) is 2. The highest BCUT2D eigenvalue weighted by molar-refractivity contribution is 7.10. The Morgan fingerprint density at radius 1 is 1.47 bits per heavy atom. The Labute approximate surface area is 119 Å². The average Bonchev–Trinajstić information content (AvgIpc) is 2.86. The van der Waals surface area contributed by atoms with Gasteiger partial charge in [-0.1, -0.05) is 11.6 Å². The maximum Gasteiger partial charge on any atom is 0.233 e. The van der Waals surface area contributed by atoms with Gasteiger partial charge in [0.25, 0.3) is 0 Å². The minimum absolute atomic E-state index is 0.0316. The molecule has 0 bridgehead atoms. The quantitative estimate of drug-likeness (QED) is 0.925. The molecule has 1 amide bonds. The number of hydrogen-bond donors (Lipinski definition) is 1. The molecule has 0 spiro atoms. The number of amides is 1. The van der Waals surface area contributed by atoms with Crippen molar-refractivity contribution in [3.8, 4) is 0 Å². The number of anilines is 1. The SMILES string of the molecule is O=C(Nc1cncc(Cl)n1)C1CCCc2sccc21. The predicted molar refractivity (Wildman–Crippen MR) is 75.7 cm³/mol. The van der Waals surface area contributed by atoms with Crippen molar-refractivity contribution in [1.29, 1.82) is 0 Å². The van der Waals surface area contributed by atoms with Crippen molar-refractivity contribution < 1.29 is 4.79 Å². The summed E-state index contributed by atoms with van der Waals surface area (Å²) in [6.07, 6.45) is 5.94. The third-order valence-electron chi connectivity index (χ3n) is 3.22. The van der Waals surface area contributed by atoms with Crippen LogP contribution in [0.2, 0.25) is 5.15 Å². The topological polar surface area (TPSA) is 54.9 Å². The highest BCUT2D eigenvalue weighted by atomic mass is 35.5. The lowest BCUT2D eigenvalue weighted by molar-refractivity contribution is -0.117. The molecule has 4 nitrogen and oxygen atoms in total. The maximum atomic E-state index is 12.3. The highest BCUT2D eigenvalue weighted by Crippen LogP contribution is 2.35. The van der Waals surface area contributed by atoms with E-state index >= 15 is 0 Å². The molecule has 0 saturated heterocycles. The number of halogens is 1. The molecule has 0 aliphatic heterocycles. The van der Waals surface area contributed by atoms with Gasteiger partial charge in [0.1, 0.15) is 5.15 Å². The molecule has 2 aromatic rings. The van der Waals surface area contributed by atoms with Crippen LogP contribution in [0.4, 0.5) is 5.82 Å². The van der Waals surface area contributed by atoms with Gasteiger partial charge in [0, 0.05) is 4.88 Å². The number of thiophene rings is 1. The van der Waals surface area contributed by atoms with E-state index in [1.54, 1.807) is 11.3 Å². The van der Waals surface area contributed by atoms with Crippen molar-refractivity contribution in [3.63, 3.8) is 0 Å². The van der Waals surface area contributed by atoms with E-state index in [9.17, 15) is 4.79 Å². The van der Waals surface area contributed by atoms with Gasteiger partial charge in [0.2, 0.25) is 5.91 Å². The van der Waals surface area contributed by atoms with Gasteiger partial charge < -0.3 is 5.32 Å². The number of aryl methyl sites for hydroxylation is 1. The molecule has 0 aromatic carbocycles. The molecule has 19 heavy (non-hydrogen) atoms. The van der Waals surface area contributed by atoms with E-state index in [0.29, 0.717) is 5.82 Å². The third kappa shape index (κ3) is 2.62. The van der Waals surface area contributed by atoms with Crippen LogP contribution in [0.5, 0.6) is 0 Å². The Hall–Kier alpha value is -1.46. The minimum atomic E-state index is -0.0872. The summed E-state index contributed by atoms with van der Waals surface area (Å²) in [6, 6.07) is 2.05. The molecule has 0 radical (unpaired) electrons. The van der Waals surface area contributed by atoms with E-state index < -0.39 is 0 Å². The largest absolute Gasteiger partial charge is 0.309 e. The Kier molecular flexibility index (Phi) is 3.48. The molecule has 1 atom stereocenters. The summed E-state index contributed by atoms with van der Waals surface area (Å²) in [5.74, 6) is 0.284. The number of rotatable bonds is 2. The summed E-state index contributed by atoms with van der Waals surface area (Å²) < 4.78 is 0. The molecule has 3 rings (SSSR count). The zero-order valence-electron chi connectivity index (χ0n) is 10.1. The van der Waals surface area contributed by atoms with E-state index in [1.807, 2.05) is 6.07 Å². The monoisotopic (exact) mass is 293 g/mol. The molecular formula is C13H12ClN3OS. The number of aromatic nitrogens is 2. The van der Waals surface area contributed by atoms with Crippen LogP contribution in [0.15, 0.2) is 23.8 Å². The number of carbonyl (C=O) groups excluding carboxylic acids is 1. The van der Waals surface area contributed by atoms with Crippen molar-refractivity contribution >= 4 is 34.7 Å². The number of hydrogen-bond acceptors (Lipinski definition) is 4. The van der Waals surface area contributed by atoms with Gasteiger partial charge in [-0.3, -0.25) is 9.78 Å². The fourth-order valence-corrected chi connectivity index (χ4v) is 3.51. The van der Waals surface area contributed by atoms with Gasteiger partial charge in [0.05, 0.1) is 18.3 Å². The molecule has 98 valence electrons. The first-order valence-corrected chi connectivity index (χ1v) is 7.34. The van der Waals surface area contributed by atoms with Crippen LogP contribution in [-0.4, -0.2) is 15.9 Å². The van der Waals surface area contributed by atoms with Crippen LogP contribution in [0.3, 0.4) is 0 Å². The summed E-state index contributed by atoms with van der Waals surface area (Å²) in [6.45, 7) is 0. The fraction of sp³-hybridized carbons (Fsp3) is 0.308. The summed E-state index contributed by atoms with van der Waals surface area (Å²) in [5, 5.41) is 5.12. The van der Waals surface area contributed by atoms with Gasteiger partial charge >= 0.3 is 0 Å². The first kappa shape index (κ1) is 12.6. The van der Waals surface area contributed by atoms with Crippen LogP contribution < -0.4 is 5.32 Å². The first-order valence-electron chi connectivity index (χ1n) is 6.09. The van der Waals surface area contributed by atoms with Crippen molar-refractivity contribution in [2.24, 2.45) is 0 Å². The Morgan fingerprint density at radius 2 is 2.37 bits per heavy atom. The number of carbonyl (C=O) groups is 1. The third-order valence-corrected chi connectivity index (χ3v) is 4.40. The molecule has 2 aromatic heterocycles. The zero-order valence-corrected chi connectivity index (χ0v) is 11.7. The lowest BCUT2D eigenvalue weighted by Crippen LogP contribution is -2.24. The summed E-state index contributed by atoms with van der Waals surface area (Å²) >= 11 is 7.48. The highest BCUT2D eigenvalue weighted by Gasteiger charge is 2.27. The van der Waals surface area contributed by atoms with Gasteiger partial charge in [0.15, 0.2) is 5.82 Å². The molecule has 0 saturated carbocycles. The molecule has 1 aliphatic carbocycles. The van der Waals surface area contributed by atoms with Crippen molar-refractivity contribution in [2.45, 2.75) is 25.2 Å². The summed E-state index contributed by atoms with van der Waals surface area (Å²) in [7, 11) is 0. The Morgan fingerprint density at radius 3 is 3.21 bits per heavy atom. The minimum Gasteiger partial charge on any atom is -0.309 e. The lowest BCUT2D eigenvalue weighted by atomic mass is 9.87. The van der Waals surface area contributed by atoms with Gasteiger partial charge in [-0.15, -0.1) is 11.3 Å². The molecule has 1 aliphatic rings. The molecule has 1 N–H and O–H groups in total. The average molecular weight is 294 g/mol. The molecule has 1 unspecified atom stereocenters. The van der Waals surface area contributed by atoms with Gasteiger partial charge in [-0.25, -0.2) is 4.98 Å². The number of nitrogens with one attached hydrogen (secondary N) is 1. The molecule has 6 heteroatoms. The molecule has 0 fully saturated rings. The smallest absolute Gasteiger partial charge is 0.233 e. The standard InChI is InChI=1S/C13H12ClN3OS/c14-11-6-15-7-12(16-11)17-13(18)9-2-1-3-10-8(9)4-5-19-10/h4-7,9H,1-3H2,(H,16,17,18). The van der Waals surface area contributed by atoms with E-state index in [0.717, 1.165) is 24.8 Å². The summed E-state index contributed by atoms with van der Waals surface area (Å²) in [5.41, 5.74) is 1.16. The van der Waals surface area contributed by atoms with E-state index in [2.05, 4.69) is 20.7 Å². The normalized spacial score (nSPS) is 17.8. The van der Waals surface area contributed by atoms with Crippen LogP contribution >= 0.6 is 22.9 Å². The van der Waals surface area contributed by atoms with Crippen molar-refractivity contribution in [1.82, 2.24) is 9.97 Å². The van der Waals surface area contributed by atoms with Crippen LogP contribution in [-0.2, 0) is 11.2 Å². The van der Waals surface area contributed by atoms with Crippen LogP contribution in [0, 0.1) is 0 Å². The predicted octanol–water partition coefficient (Wildman–Crippen LogP) is 3.25. The number of fused-ring (bicyclic) bond motifs is 1. The van der Waals surface area contributed by atoms with Crippen molar-refractivity contribution in [2.75, 3.05) is 5.32 Å². The molecular weight excluding hydrogens is 282 g/mol. The lowest BCUT2D eigenvalue weighted by Gasteiger charge is -2.21. The van der Waals surface area contributed by atoms with Gasteiger partial charge in [-0.2, -0.15) is 0 Å². The second-order valence-corrected chi connectivity index (χ2v) is 5.85. The summed E-state index contributed by atoms with van der Waals surface area (Å²) in [4.78, 5) is 21.6. The Balaban J connectivity index is 1.79. The van der Waals surface area contributed by atoms with E-state index in [-0.39, 0.29) is 17.0 Å². The van der Waals surface area contributed by atoms with Gasteiger partial charge in [-0.05, 0) is 36.3 Å². The van der Waals surface area contributed by atoms with Crippen LogP contribution in [0.25, 0.3) is 0 Å². The second-order valence-electron chi connectivity index (χ2n) is 4.46.